The molecule has 3 aromatic rings. The average Bonchev–Trinajstić information content (AvgIpc) is 3.53. The topological polar surface area (TPSA) is 163 Å². The third kappa shape index (κ3) is 6.05. The summed E-state index contributed by atoms with van der Waals surface area (Å²) in [6.45, 7) is 0.168. The number of amides is 4. The van der Waals surface area contributed by atoms with E-state index < -0.39 is 52.8 Å². The van der Waals surface area contributed by atoms with Crippen LogP contribution in [0.5, 0.6) is 17.2 Å². The second-order valence-corrected chi connectivity index (χ2v) is 15.0. The van der Waals surface area contributed by atoms with Gasteiger partial charge in [-0.1, -0.05) is 59.5 Å². The molecule has 0 bridgehead atoms. The van der Waals surface area contributed by atoms with E-state index >= 15 is 4.79 Å². The number of carbonyl (C=O) groups excluding carboxylic acids is 4. The fraction of sp³-hybridized carbons (Fsp3) is 0.375. The number of hydrazine groups is 1. The SMILES string of the molecule is COc1ccc([C@@]23C(=O)N(Nc4ccc(Cl)cc4Cl)C(=O)[C@@H]2C[C@@H]2C(=CC[C@@H]4C(=O)N(CCCCCC(=O)O)C(=O)[C@@H]42)[C@@H]3c2ccc(O)c(OC)c2)cc1. The van der Waals surface area contributed by atoms with E-state index in [0.717, 1.165) is 10.6 Å². The molecule has 2 saturated heterocycles. The van der Waals surface area contributed by atoms with E-state index in [1.165, 1.54) is 31.3 Å². The minimum atomic E-state index is -1.57. The van der Waals surface area contributed by atoms with Crippen LogP contribution in [0.15, 0.2) is 72.3 Å². The van der Waals surface area contributed by atoms with Crippen LogP contribution >= 0.6 is 23.2 Å². The van der Waals surface area contributed by atoms with Gasteiger partial charge in [0.25, 0.3) is 11.8 Å². The largest absolute Gasteiger partial charge is 0.504 e. The van der Waals surface area contributed by atoms with Gasteiger partial charge in [-0.2, -0.15) is 5.01 Å². The highest BCUT2D eigenvalue weighted by molar-refractivity contribution is 6.36. The van der Waals surface area contributed by atoms with Gasteiger partial charge in [-0.05, 0) is 85.2 Å². The predicted molar refractivity (Wildman–Crippen MR) is 198 cm³/mol. The van der Waals surface area contributed by atoms with Gasteiger partial charge in [0.05, 0.1) is 48.1 Å². The molecule has 2 aliphatic heterocycles. The molecule has 0 spiro atoms. The van der Waals surface area contributed by atoms with Crippen molar-refractivity contribution in [1.82, 2.24) is 9.91 Å². The van der Waals surface area contributed by atoms with Crippen molar-refractivity contribution in [2.24, 2.45) is 23.7 Å². The lowest BCUT2D eigenvalue weighted by Gasteiger charge is -2.50. The molecule has 0 aromatic heterocycles. The Labute approximate surface area is 321 Å². The van der Waals surface area contributed by atoms with Crippen LogP contribution in [0.2, 0.25) is 10.0 Å². The quantitative estimate of drug-likeness (QED) is 0.107. The molecule has 0 unspecified atom stereocenters. The smallest absolute Gasteiger partial charge is 0.303 e. The molecule has 1 saturated carbocycles. The van der Waals surface area contributed by atoms with Crippen molar-refractivity contribution in [2.45, 2.75) is 49.9 Å². The van der Waals surface area contributed by atoms with E-state index in [9.17, 15) is 24.3 Å². The summed E-state index contributed by atoms with van der Waals surface area (Å²) in [5, 5.41) is 21.2. The highest BCUT2D eigenvalue weighted by atomic mass is 35.5. The number of unbranched alkanes of at least 4 members (excludes halogenated alkanes) is 2. The number of fused-ring (bicyclic) bond motifs is 4. The van der Waals surface area contributed by atoms with Crippen molar-refractivity contribution in [3.63, 3.8) is 0 Å². The number of allylic oxidation sites excluding steroid dienone is 2. The van der Waals surface area contributed by atoms with Crippen LogP contribution in [0.4, 0.5) is 5.69 Å². The van der Waals surface area contributed by atoms with Crippen molar-refractivity contribution in [3.05, 3.63) is 93.5 Å². The number of carboxylic acids is 1. The van der Waals surface area contributed by atoms with Crippen LogP contribution in [0.25, 0.3) is 0 Å². The Hall–Kier alpha value is -5.07. The third-order valence-electron chi connectivity index (χ3n) is 11.5. The fourth-order valence-electron chi connectivity index (χ4n) is 9.10. The molecular weight excluding hydrogens is 737 g/mol. The first-order chi connectivity index (χ1) is 25.9. The molecule has 7 rings (SSSR count). The van der Waals surface area contributed by atoms with Gasteiger partial charge in [-0.15, -0.1) is 0 Å². The lowest BCUT2D eigenvalue weighted by molar-refractivity contribution is -0.141. The van der Waals surface area contributed by atoms with E-state index in [2.05, 4.69) is 5.43 Å². The number of aromatic hydroxyl groups is 1. The molecule has 2 heterocycles. The Balaban J connectivity index is 1.37. The van der Waals surface area contributed by atoms with E-state index in [-0.39, 0.29) is 59.8 Å². The Morgan fingerprint density at radius 2 is 1.67 bits per heavy atom. The van der Waals surface area contributed by atoms with Gasteiger partial charge in [0.1, 0.15) is 5.75 Å². The van der Waals surface area contributed by atoms with Gasteiger partial charge in [0.2, 0.25) is 11.8 Å². The van der Waals surface area contributed by atoms with Crippen LogP contribution in [0.3, 0.4) is 0 Å². The predicted octanol–water partition coefficient (Wildman–Crippen LogP) is 6.35. The Morgan fingerprint density at radius 3 is 2.35 bits per heavy atom. The Kier molecular flexibility index (Phi) is 10.1. The van der Waals surface area contributed by atoms with Crippen LogP contribution in [-0.2, 0) is 29.4 Å². The van der Waals surface area contributed by atoms with Crippen LogP contribution in [0.1, 0.15) is 55.6 Å². The number of rotatable bonds is 12. The molecule has 12 nitrogen and oxygen atoms in total. The van der Waals surface area contributed by atoms with Gasteiger partial charge in [-0.3, -0.25) is 34.3 Å². The first-order valence-corrected chi connectivity index (χ1v) is 18.6. The standard InChI is InChI=1S/C40H39Cl2N3O9/c1-53-24-11-8-22(9-12-24)40-28(37(50)45(39(40)52)43-30-15-10-23(41)19-29(30)42)20-27-25(35(40)21-7-16-31(46)32(18-21)54-2)13-14-26-34(27)38(51)44(36(26)49)17-5-3-4-6-33(47)48/h7-13,15-16,18-19,26-28,34-35,43,46H,3-6,14,17,20H2,1-2H3,(H,47,48)/t26-,27+,28-,34-,35-,40+/m0/s1. The lowest BCUT2D eigenvalue weighted by Crippen LogP contribution is -2.53. The van der Waals surface area contributed by atoms with Crippen molar-refractivity contribution >= 4 is 58.5 Å². The molecule has 3 N–H and O–H groups in total. The number of nitrogens with zero attached hydrogens (tertiary/aromatic N) is 2. The van der Waals surface area contributed by atoms with Crippen molar-refractivity contribution in [3.8, 4) is 17.2 Å². The number of carboxylic acid groups (broad SMARTS) is 1. The van der Waals surface area contributed by atoms with Crippen LogP contribution in [0, 0.1) is 23.7 Å². The first kappa shape index (κ1) is 37.3. The average molecular weight is 777 g/mol. The molecule has 4 amide bonds. The summed E-state index contributed by atoms with van der Waals surface area (Å²) in [5.41, 5.74) is 3.53. The van der Waals surface area contributed by atoms with Gasteiger partial charge in [-0.25, -0.2) is 0 Å². The zero-order valence-electron chi connectivity index (χ0n) is 29.6. The second-order valence-electron chi connectivity index (χ2n) is 14.2. The minimum absolute atomic E-state index is 0.00606. The number of nitrogens with one attached hydrogen (secondary N) is 1. The van der Waals surface area contributed by atoms with Crippen molar-refractivity contribution in [2.75, 3.05) is 26.2 Å². The zero-order chi connectivity index (χ0) is 38.5. The fourth-order valence-corrected chi connectivity index (χ4v) is 9.55. The molecule has 3 fully saturated rings. The molecule has 3 aromatic carbocycles. The van der Waals surface area contributed by atoms with Gasteiger partial charge >= 0.3 is 5.97 Å². The summed E-state index contributed by atoms with van der Waals surface area (Å²) in [6, 6.07) is 16.4. The van der Waals surface area contributed by atoms with E-state index in [1.807, 2.05) is 6.08 Å². The van der Waals surface area contributed by atoms with E-state index in [1.54, 1.807) is 48.5 Å². The molecule has 14 heteroatoms. The number of methoxy groups -OCH3 is 2. The summed E-state index contributed by atoms with van der Waals surface area (Å²) in [4.78, 5) is 70.7. The van der Waals surface area contributed by atoms with Gasteiger partial charge < -0.3 is 19.7 Å². The van der Waals surface area contributed by atoms with E-state index in [0.29, 0.717) is 41.2 Å². The molecule has 2 aliphatic carbocycles. The summed E-state index contributed by atoms with van der Waals surface area (Å²) in [6.07, 6.45) is 3.73. The number of aliphatic carboxylic acids is 1. The summed E-state index contributed by atoms with van der Waals surface area (Å²) >= 11 is 12.7. The number of ether oxygens (including phenoxy) is 2. The number of benzene rings is 3. The zero-order valence-corrected chi connectivity index (χ0v) is 31.1. The lowest BCUT2D eigenvalue weighted by atomic mass is 9.49. The summed E-state index contributed by atoms with van der Waals surface area (Å²) in [5.74, 6) is -5.91. The maximum atomic E-state index is 15.4. The van der Waals surface area contributed by atoms with Crippen LogP contribution < -0.4 is 14.9 Å². The van der Waals surface area contributed by atoms with Crippen LogP contribution in [-0.4, -0.2) is 70.5 Å². The van der Waals surface area contributed by atoms with Gasteiger partial charge in [0, 0.05) is 23.9 Å². The number of anilines is 1. The Bertz CT molecular complexity index is 2070. The second kappa shape index (κ2) is 14.6. The molecule has 4 aliphatic rings. The van der Waals surface area contributed by atoms with Gasteiger partial charge in [0.15, 0.2) is 11.5 Å². The number of imide groups is 2. The number of phenols is 1. The van der Waals surface area contributed by atoms with Crippen molar-refractivity contribution < 1.29 is 43.7 Å². The monoisotopic (exact) mass is 775 g/mol. The number of phenolic OH excluding ortho intramolecular Hbond substituents is 1. The number of hydrogen-bond acceptors (Lipinski definition) is 9. The number of halogens is 2. The first-order valence-electron chi connectivity index (χ1n) is 17.8. The maximum absolute atomic E-state index is 15.4. The normalized spacial score (nSPS) is 25.9. The third-order valence-corrected chi connectivity index (χ3v) is 12.0. The maximum Gasteiger partial charge on any atom is 0.303 e. The molecular formula is C40H39Cl2N3O9. The van der Waals surface area contributed by atoms with Crippen molar-refractivity contribution in [1.29, 1.82) is 0 Å². The molecule has 282 valence electrons. The summed E-state index contributed by atoms with van der Waals surface area (Å²) in [7, 11) is 2.95. The minimum Gasteiger partial charge on any atom is -0.504 e. The molecule has 54 heavy (non-hydrogen) atoms. The number of likely N-dealkylation sites (tertiary alicyclic amines) is 1. The van der Waals surface area contributed by atoms with E-state index in [4.69, 9.17) is 37.8 Å². The highest BCUT2D eigenvalue weighted by Gasteiger charge is 2.70. The highest BCUT2D eigenvalue weighted by Crippen LogP contribution is 2.64. The summed E-state index contributed by atoms with van der Waals surface area (Å²) < 4.78 is 11.0. The molecule has 0 radical (unpaired) electrons. The number of hydrogen-bond donors (Lipinski definition) is 3. The Morgan fingerprint density at radius 1 is 0.907 bits per heavy atom. The molecule has 6 atom stereocenters. The number of carbonyl (C=O) groups is 5.